The first-order valence-corrected chi connectivity index (χ1v) is 9.07. The quantitative estimate of drug-likeness (QED) is 0.376. The van der Waals surface area contributed by atoms with Crippen LogP contribution in [-0.4, -0.2) is 36.7 Å². The van der Waals surface area contributed by atoms with Gasteiger partial charge in [0.25, 0.3) is 11.6 Å². The SMILES string of the molecule is CCOC(=O)C(=O)c1ccc(CCc2ccc(C(=O)C(=O)OCC)cc2)cc1. The molecule has 146 valence electrons. The van der Waals surface area contributed by atoms with E-state index in [0.717, 1.165) is 24.0 Å². The molecule has 0 aliphatic heterocycles. The van der Waals surface area contributed by atoms with Gasteiger partial charge in [0.15, 0.2) is 0 Å². The van der Waals surface area contributed by atoms with Crippen molar-refractivity contribution in [2.24, 2.45) is 0 Å². The highest BCUT2D eigenvalue weighted by Crippen LogP contribution is 2.12. The minimum absolute atomic E-state index is 0.160. The molecule has 0 bridgehead atoms. The summed E-state index contributed by atoms with van der Waals surface area (Å²) in [5.74, 6) is -3.02. The van der Waals surface area contributed by atoms with Crippen molar-refractivity contribution in [3.05, 3.63) is 70.8 Å². The Hall–Kier alpha value is -3.28. The number of carbonyl (C=O) groups excluding carboxylic acids is 4. The molecule has 2 rings (SSSR count). The third-order valence-corrected chi connectivity index (χ3v) is 4.06. The molecule has 0 saturated heterocycles. The summed E-state index contributed by atoms with van der Waals surface area (Å²) < 4.78 is 9.41. The minimum atomic E-state index is -0.854. The molecule has 0 amide bonds. The van der Waals surface area contributed by atoms with Crippen molar-refractivity contribution in [3.8, 4) is 0 Å². The Labute approximate surface area is 163 Å². The second-order valence-electron chi connectivity index (χ2n) is 5.99. The lowest BCUT2D eigenvalue weighted by molar-refractivity contribution is -0.138. The molecule has 28 heavy (non-hydrogen) atoms. The Bertz CT molecular complexity index is 776. The van der Waals surface area contributed by atoms with Gasteiger partial charge in [-0.1, -0.05) is 48.5 Å². The van der Waals surface area contributed by atoms with Crippen molar-refractivity contribution >= 4 is 23.5 Å². The van der Waals surface area contributed by atoms with Crippen LogP contribution in [0.15, 0.2) is 48.5 Å². The first-order chi connectivity index (χ1) is 13.5. The van der Waals surface area contributed by atoms with Gasteiger partial charge < -0.3 is 9.47 Å². The molecule has 0 saturated carbocycles. The summed E-state index contributed by atoms with van der Waals surface area (Å²) in [6.07, 6.45) is 1.44. The Morgan fingerprint density at radius 2 is 0.929 bits per heavy atom. The number of hydrogen-bond donors (Lipinski definition) is 0. The van der Waals surface area contributed by atoms with E-state index in [0.29, 0.717) is 11.1 Å². The van der Waals surface area contributed by atoms with Crippen LogP contribution < -0.4 is 0 Å². The summed E-state index contributed by atoms with van der Waals surface area (Å²) in [6.45, 7) is 3.61. The Morgan fingerprint density at radius 3 is 1.21 bits per heavy atom. The predicted molar refractivity (Wildman–Crippen MR) is 102 cm³/mol. The van der Waals surface area contributed by atoms with Gasteiger partial charge in [-0.3, -0.25) is 9.59 Å². The van der Waals surface area contributed by atoms with Gasteiger partial charge in [0, 0.05) is 11.1 Å². The van der Waals surface area contributed by atoms with E-state index in [-0.39, 0.29) is 13.2 Å². The average molecular weight is 382 g/mol. The van der Waals surface area contributed by atoms with Gasteiger partial charge in [-0.25, -0.2) is 9.59 Å². The van der Waals surface area contributed by atoms with Gasteiger partial charge >= 0.3 is 11.9 Å². The molecule has 0 N–H and O–H groups in total. The summed E-state index contributed by atoms with van der Waals surface area (Å²) in [5, 5.41) is 0. The van der Waals surface area contributed by atoms with Gasteiger partial charge in [0.1, 0.15) is 0 Å². The molecule has 0 radical (unpaired) electrons. The smallest absolute Gasteiger partial charge is 0.379 e. The topological polar surface area (TPSA) is 86.7 Å². The van der Waals surface area contributed by atoms with Crippen LogP contribution in [0.25, 0.3) is 0 Å². The summed E-state index contributed by atoms with van der Waals surface area (Å²) in [6, 6.07) is 13.6. The maximum absolute atomic E-state index is 11.9. The maximum atomic E-state index is 11.9. The second-order valence-corrected chi connectivity index (χ2v) is 5.99. The molecule has 0 atom stereocenters. The van der Waals surface area contributed by atoms with E-state index < -0.39 is 23.5 Å². The molecule has 0 fully saturated rings. The van der Waals surface area contributed by atoms with E-state index in [2.05, 4.69) is 0 Å². The van der Waals surface area contributed by atoms with Crippen LogP contribution in [0.1, 0.15) is 45.7 Å². The molecule has 0 unspecified atom stereocenters. The molecular weight excluding hydrogens is 360 g/mol. The summed E-state index contributed by atoms with van der Waals surface area (Å²) in [4.78, 5) is 46.7. The third kappa shape index (κ3) is 5.61. The summed E-state index contributed by atoms with van der Waals surface area (Å²) in [5.41, 5.74) is 2.60. The molecule has 0 heterocycles. The molecule has 0 spiro atoms. The van der Waals surface area contributed by atoms with Crippen molar-refractivity contribution in [1.29, 1.82) is 0 Å². The maximum Gasteiger partial charge on any atom is 0.379 e. The molecule has 2 aromatic rings. The molecular formula is C22H22O6. The fourth-order valence-electron chi connectivity index (χ4n) is 2.56. The number of carbonyl (C=O) groups is 4. The molecule has 0 aromatic heterocycles. The van der Waals surface area contributed by atoms with Crippen LogP contribution in [-0.2, 0) is 31.9 Å². The molecule has 6 heteroatoms. The zero-order valence-corrected chi connectivity index (χ0v) is 15.9. The highest BCUT2D eigenvalue weighted by atomic mass is 16.5. The zero-order valence-electron chi connectivity index (χ0n) is 15.9. The van der Waals surface area contributed by atoms with Gasteiger partial charge in [0.2, 0.25) is 0 Å². The first kappa shape index (κ1) is 21.0. The van der Waals surface area contributed by atoms with Crippen molar-refractivity contribution in [2.45, 2.75) is 26.7 Å². The van der Waals surface area contributed by atoms with E-state index in [1.54, 1.807) is 62.4 Å². The highest BCUT2D eigenvalue weighted by Gasteiger charge is 2.18. The van der Waals surface area contributed by atoms with Crippen molar-refractivity contribution in [2.75, 3.05) is 13.2 Å². The molecule has 0 aliphatic rings. The summed E-state index contributed by atoms with van der Waals surface area (Å²) >= 11 is 0. The van der Waals surface area contributed by atoms with E-state index in [1.807, 2.05) is 0 Å². The number of esters is 2. The van der Waals surface area contributed by atoms with E-state index in [4.69, 9.17) is 9.47 Å². The number of hydrogen-bond acceptors (Lipinski definition) is 6. The summed E-state index contributed by atoms with van der Waals surface area (Å²) in [7, 11) is 0. The van der Waals surface area contributed by atoms with Crippen LogP contribution in [0, 0.1) is 0 Å². The lowest BCUT2D eigenvalue weighted by Gasteiger charge is -2.06. The largest absolute Gasteiger partial charge is 0.460 e. The normalized spacial score (nSPS) is 10.2. The second kappa shape index (κ2) is 10.2. The Kier molecular flexibility index (Phi) is 7.63. The molecule has 6 nitrogen and oxygen atoms in total. The van der Waals surface area contributed by atoms with Crippen molar-refractivity contribution in [3.63, 3.8) is 0 Å². The molecule has 2 aromatic carbocycles. The highest BCUT2D eigenvalue weighted by molar-refractivity contribution is 6.41. The van der Waals surface area contributed by atoms with Crippen molar-refractivity contribution < 1.29 is 28.7 Å². The van der Waals surface area contributed by atoms with E-state index in [1.165, 1.54) is 0 Å². The number of benzene rings is 2. The van der Waals surface area contributed by atoms with Crippen LogP contribution in [0.4, 0.5) is 0 Å². The van der Waals surface area contributed by atoms with Gasteiger partial charge in [-0.05, 0) is 37.8 Å². The van der Waals surface area contributed by atoms with Gasteiger partial charge in [-0.15, -0.1) is 0 Å². The standard InChI is InChI=1S/C22H22O6/c1-3-27-21(25)19(23)17-11-7-15(8-12-17)5-6-16-9-13-18(14-10-16)20(24)22(26)28-4-2/h7-14H,3-6H2,1-2H3. The number of ketones is 2. The number of aryl methyl sites for hydroxylation is 2. The van der Waals surface area contributed by atoms with Gasteiger partial charge in [0.05, 0.1) is 13.2 Å². The van der Waals surface area contributed by atoms with E-state index in [9.17, 15) is 19.2 Å². The monoisotopic (exact) mass is 382 g/mol. The Balaban J connectivity index is 1.93. The van der Waals surface area contributed by atoms with E-state index >= 15 is 0 Å². The molecule has 0 aliphatic carbocycles. The Morgan fingerprint density at radius 1 is 0.607 bits per heavy atom. The lowest BCUT2D eigenvalue weighted by Crippen LogP contribution is -2.17. The average Bonchev–Trinajstić information content (AvgIpc) is 2.72. The minimum Gasteiger partial charge on any atom is -0.460 e. The van der Waals surface area contributed by atoms with Gasteiger partial charge in [-0.2, -0.15) is 0 Å². The fourth-order valence-corrected chi connectivity index (χ4v) is 2.56. The van der Waals surface area contributed by atoms with Crippen LogP contribution in [0.2, 0.25) is 0 Å². The predicted octanol–water partition coefficient (Wildman–Crippen LogP) is 2.96. The first-order valence-electron chi connectivity index (χ1n) is 9.07. The number of rotatable bonds is 9. The third-order valence-electron chi connectivity index (χ3n) is 4.06. The van der Waals surface area contributed by atoms with Crippen LogP contribution in [0.5, 0.6) is 0 Å². The van der Waals surface area contributed by atoms with Crippen LogP contribution >= 0.6 is 0 Å². The number of ether oxygens (including phenoxy) is 2. The lowest BCUT2D eigenvalue weighted by atomic mass is 10.0. The van der Waals surface area contributed by atoms with Crippen molar-refractivity contribution in [1.82, 2.24) is 0 Å². The number of Topliss-reactive ketones (excluding diaryl/α,β-unsaturated/α-hetero) is 2. The fraction of sp³-hybridized carbons (Fsp3) is 0.273. The van der Waals surface area contributed by atoms with Crippen LogP contribution in [0.3, 0.4) is 0 Å². The zero-order chi connectivity index (χ0) is 20.5.